The first kappa shape index (κ1) is 17.0. The Hall–Kier alpha value is -2.05. The molecule has 1 rings (SSSR count). The summed E-state index contributed by atoms with van der Waals surface area (Å²) in [6.45, 7) is 6.58. The van der Waals surface area contributed by atoms with Crippen LogP contribution in [0.5, 0.6) is 0 Å². The fourth-order valence-corrected chi connectivity index (χ4v) is 1.81. The molecule has 3 N–H and O–H groups in total. The number of carbonyl (C=O) groups is 2. The number of aryl methyl sites for hydroxylation is 1. The van der Waals surface area contributed by atoms with Gasteiger partial charge in [-0.25, -0.2) is 4.79 Å². The normalized spacial score (nSPS) is 11.2. The summed E-state index contributed by atoms with van der Waals surface area (Å²) >= 11 is 0. The van der Waals surface area contributed by atoms with Gasteiger partial charge >= 0.3 is 12.0 Å². The first-order chi connectivity index (χ1) is 9.78. The van der Waals surface area contributed by atoms with Gasteiger partial charge in [-0.1, -0.05) is 19.0 Å². The molecule has 1 aromatic heterocycles. The smallest absolute Gasteiger partial charge is 0.315 e. The van der Waals surface area contributed by atoms with E-state index in [1.165, 1.54) is 0 Å². The standard InChI is InChI=1S/C14H23N3O4/c1-10-8-11(21-17-10)9-16-13(20)15-7-6-14(2,3)5-4-12(18)19/h8H,4-7,9H2,1-3H3,(H,18,19)(H2,15,16,20). The molecular weight excluding hydrogens is 274 g/mol. The lowest BCUT2D eigenvalue weighted by Crippen LogP contribution is -2.36. The second-order valence-corrected chi connectivity index (χ2v) is 5.85. The van der Waals surface area contributed by atoms with E-state index in [9.17, 15) is 9.59 Å². The molecule has 0 aliphatic carbocycles. The maximum atomic E-state index is 11.6. The summed E-state index contributed by atoms with van der Waals surface area (Å²) in [5, 5.41) is 17.8. The zero-order valence-corrected chi connectivity index (χ0v) is 12.7. The van der Waals surface area contributed by atoms with E-state index in [1.807, 2.05) is 20.8 Å². The van der Waals surface area contributed by atoms with Gasteiger partial charge in [0.1, 0.15) is 0 Å². The number of amides is 2. The van der Waals surface area contributed by atoms with Crippen LogP contribution in [0.2, 0.25) is 0 Å². The number of nitrogens with zero attached hydrogens (tertiary/aromatic N) is 1. The summed E-state index contributed by atoms with van der Waals surface area (Å²) in [5.41, 5.74) is 0.653. The Morgan fingerprint density at radius 3 is 2.62 bits per heavy atom. The summed E-state index contributed by atoms with van der Waals surface area (Å²) in [5.74, 6) is -0.194. The largest absolute Gasteiger partial charge is 0.481 e. The van der Waals surface area contributed by atoms with Gasteiger partial charge in [0.25, 0.3) is 0 Å². The van der Waals surface area contributed by atoms with Crippen molar-refractivity contribution >= 4 is 12.0 Å². The zero-order chi connectivity index (χ0) is 15.9. The van der Waals surface area contributed by atoms with Crippen molar-refractivity contribution < 1.29 is 19.2 Å². The Morgan fingerprint density at radius 1 is 1.33 bits per heavy atom. The molecule has 1 aromatic rings. The van der Waals surface area contributed by atoms with Gasteiger partial charge in [0.15, 0.2) is 5.76 Å². The molecule has 21 heavy (non-hydrogen) atoms. The lowest BCUT2D eigenvalue weighted by molar-refractivity contribution is -0.137. The topological polar surface area (TPSA) is 104 Å². The first-order valence-electron chi connectivity index (χ1n) is 6.94. The van der Waals surface area contributed by atoms with E-state index in [1.54, 1.807) is 6.07 Å². The van der Waals surface area contributed by atoms with Crippen molar-refractivity contribution in [3.63, 3.8) is 0 Å². The van der Waals surface area contributed by atoms with Gasteiger partial charge in [0.2, 0.25) is 0 Å². The second kappa shape index (κ2) is 7.66. The van der Waals surface area contributed by atoms with E-state index in [0.717, 1.165) is 12.1 Å². The van der Waals surface area contributed by atoms with E-state index in [2.05, 4.69) is 15.8 Å². The Labute approximate surface area is 124 Å². The third-order valence-electron chi connectivity index (χ3n) is 3.20. The lowest BCUT2D eigenvalue weighted by Gasteiger charge is -2.23. The average molecular weight is 297 g/mol. The van der Waals surface area contributed by atoms with Crippen molar-refractivity contribution in [1.29, 1.82) is 0 Å². The quantitative estimate of drug-likeness (QED) is 0.681. The second-order valence-electron chi connectivity index (χ2n) is 5.85. The van der Waals surface area contributed by atoms with Crippen LogP contribution < -0.4 is 10.6 Å². The van der Waals surface area contributed by atoms with Gasteiger partial charge in [0.05, 0.1) is 12.2 Å². The number of carboxylic acid groups (broad SMARTS) is 1. The molecule has 7 heteroatoms. The number of carboxylic acids is 1. The van der Waals surface area contributed by atoms with Crippen molar-refractivity contribution in [1.82, 2.24) is 15.8 Å². The highest BCUT2D eigenvalue weighted by Crippen LogP contribution is 2.25. The van der Waals surface area contributed by atoms with Crippen LogP contribution >= 0.6 is 0 Å². The van der Waals surface area contributed by atoms with Crippen LogP contribution in [0.25, 0.3) is 0 Å². The Morgan fingerprint density at radius 2 is 2.05 bits per heavy atom. The molecule has 7 nitrogen and oxygen atoms in total. The third-order valence-corrected chi connectivity index (χ3v) is 3.20. The molecule has 0 saturated carbocycles. The van der Waals surface area contributed by atoms with Crippen LogP contribution in [-0.2, 0) is 11.3 Å². The van der Waals surface area contributed by atoms with Crippen molar-refractivity contribution in [3.8, 4) is 0 Å². The molecule has 0 radical (unpaired) electrons. The predicted molar refractivity (Wildman–Crippen MR) is 76.7 cm³/mol. The molecule has 0 saturated heterocycles. The Kier molecular flexibility index (Phi) is 6.20. The van der Waals surface area contributed by atoms with E-state index < -0.39 is 5.97 Å². The summed E-state index contributed by atoms with van der Waals surface area (Å²) in [6.07, 6.45) is 1.45. The minimum absolute atomic E-state index is 0.117. The monoisotopic (exact) mass is 297 g/mol. The van der Waals surface area contributed by atoms with E-state index >= 15 is 0 Å². The van der Waals surface area contributed by atoms with E-state index in [-0.39, 0.29) is 24.4 Å². The number of nitrogens with one attached hydrogen (secondary N) is 2. The number of aromatic nitrogens is 1. The molecule has 0 bridgehead atoms. The molecule has 0 spiro atoms. The predicted octanol–water partition coefficient (Wildman–Crippen LogP) is 2.06. The van der Waals surface area contributed by atoms with Gasteiger partial charge in [-0.15, -0.1) is 0 Å². The van der Waals surface area contributed by atoms with Crippen LogP contribution in [-0.4, -0.2) is 28.8 Å². The fourth-order valence-electron chi connectivity index (χ4n) is 1.81. The Balaban J connectivity index is 2.19. The highest BCUT2D eigenvalue weighted by molar-refractivity contribution is 5.73. The van der Waals surface area contributed by atoms with Crippen molar-refractivity contribution in [2.24, 2.45) is 5.41 Å². The summed E-state index contributed by atoms with van der Waals surface area (Å²) in [4.78, 5) is 22.2. The molecule has 1 heterocycles. The number of aliphatic carboxylic acids is 1. The number of hydrogen-bond acceptors (Lipinski definition) is 4. The van der Waals surface area contributed by atoms with E-state index in [4.69, 9.17) is 9.63 Å². The molecule has 0 aliphatic rings. The molecule has 2 amide bonds. The van der Waals surface area contributed by atoms with Gasteiger partial charge in [-0.2, -0.15) is 0 Å². The van der Waals surface area contributed by atoms with Crippen LogP contribution in [0.4, 0.5) is 4.79 Å². The number of carbonyl (C=O) groups excluding carboxylic acids is 1. The molecule has 0 aromatic carbocycles. The molecular formula is C14H23N3O4. The van der Waals surface area contributed by atoms with E-state index in [0.29, 0.717) is 18.7 Å². The highest BCUT2D eigenvalue weighted by atomic mass is 16.5. The van der Waals surface area contributed by atoms with Gasteiger partial charge < -0.3 is 20.3 Å². The molecule has 0 unspecified atom stereocenters. The van der Waals surface area contributed by atoms with Crippen molar-refractivity contribution in [3.05, 3.63) is 17.5 Å². The van der Waals surface area contributed by atoms with Gasteiger partial charge in [0, 0.05) is 19.0 Å². The number of rotatable bonds is 8. The SMILES string of the molecule is Cc1cc(CNC(=O)NCCC(C)(C)CCC(=O)O)on1. The minimum atomic E-state index is -0.795. The lowest BCUT2D eigenvalue weighted by atomic mass is 9.84. The molecule has 118 valence electrons. The van der Waals surface area contributed by atoms with Crippen LogP contribution in [0, 0.1) is 12.3 Å². The van der Waals surface area contributed by atoms with Crippen LogP contribution in [0.15, 0.2) is 10.6 Å². The molecule has 0 aliphatic heterocycles. The van der Waals surface area contributed by atoms with Gasteiger partial charge in [-0.3, -0.25) is 4.79 Å². The highest BCUT2D eigenvalue weighted by Gasteiger charge is 2.19. The average Bonchev–Trinajstić information content (AvgIpc) is 2.80. The van der Waals surface area contributed by atoms with Crippen LogP contribution in [0.3, 0.4) is 0 Å². The Bertz CT molecular complexity index is 482. The maximum absolute atomic E-state index is 11.6. The summed E-state index contributed by atoms with van der Waals surface area (Å²) in [7, 11) is 0. The third kappa shape index (κ3) is 7.34. The van der Waals surface area contributed by atoms with Crippen molar-refractivity contribution in [2.45, 2.75) is 46.6 Å². The molecule has 0 fully saturated rings. The first-order valence-corrected chi connectivity index (χ1v) is 6.94. The minimum Gasteiger partial charge on any atom is -0.481 e. The number of hydrogen-bond donors (Lipinski definition) is 3. The molecule has 0 atom stereocenters. The summed E-state index contributed by atoms with van der Waals surface area (Å²) in [6, 6.07) is 1.48. The fraction of sp³-hybridized carbons (Fsp3) is 0.643. The maximum Gasteiger partial charge on any atom is 0.315 e. The van der Waals surface area contributed by atoms with Gasteiger partial charge in [-0.05, 0) is 25.2 Å². The zero-order valence-electron chi connectivity index (χ0n) is 12.7. The van der Waals surface area contributed by atoms with Crippen molar-refractivity contribution in [2.75, 3.05) is 6.54 Å². The van der Waals surface area contributed by atoms with Crippen LogP contribution in [0.1, 0.15) is 44.6 Å². The number of urea groups is 1. The summed E-state index contributed by atoms with van der Waals surface area (Å²) < 4.78 is 4.98.